The second kappa shape index (κ2) is 6.36. The van der Waals surface area contributed by atoms with E-state index in [0.717, 1.165) is 28.8 Å². The van der Waals surface area contributed by atoms with Crippen molar-refractivity contribution in [3.8, 4) is 0 Å². The van der Waals surface area contributed by atoms with Gasteiger partial charge in [0.25, 0.3) is 0 Å². The van der Waals surface area contributed by atoms with Crippen molar-refractivity contribution in [3.05, 3.63) is 65.5 Å². The number of esters is 1. The van der Waals surface area contributed by atoms with Crippen LogP contribution >= 0.6 is 0 Å². The minimum absolute atomic E-state index is 0.152. The number of aromatic nitrogens is 2. The Balaban J connectivity index is 1.67. The molecule has 31 heavy (non-hydrogen) atoms. The first-order chi connectivity index (χ1) is 14.8. The highest BCUT2D eigenvalue weighted by Gasteiger charge is 2.73. The predicted molar refractivity (Wildman–Crippen MR) is 118 cm³/mol. The summed E-state index contributed by atoms with van der Waals surface area (Å²) in [5.41, 5.74) is 2.58. The second-order valence-corrected chi connectivity index (χ2v) is 9.26. The van der Waals surface area contributed by atoms with Crippen molar-refractivity contribution in [1.82, 2.24) is 9.97 Å². The lowest BCUT2D eigenvalue weighted by molar-refractivity contribution is -0.125. The van der Waals surface area contributed by atoms with Crippen molar-refractivity contribution in [2.75, 3.05) is 12.4 Å². The third-order valence-electron chi connectivity index (χ3n) is 7.91. The highest BCUT2D eigenvalue weighted by molar-refractivity contribution is 6.06. The number of nitrogens with zero attached hydrogens (tertiary/aromatic N) is 2. The molecule has 2 aliphatic rings. The number of ether oxygens (including phenoxy) is 1. The number of hydrogen-bond acceptors (Lipinski definition) is 5. The zero-order chi connectivity index (χ0) is 22.0. The normalized spacial score (nSPS) is 25.3. The van der Waals surface area contributed by atoms with E-state index in [9.17, 15) is 9.59 Å². The van der Waals surface area contributed by atoms with E-state index in [1.807, 2.05) is 24.3 Å². The molecule has 6 heteroatoms. The van der Waals surface area contributed by atoms with Gasteiger partial charge in [-0.3, -0.25) is 4.79 Å². The molecule has 1 aromatic heterocycles. The Kier molecular flexibility index (Phi) is 4.04. The van der Waals surface area contributed by atoms with Crippen molar-refractivity contribution >= 4 is 28.6 Å². The number of amides is 1. The van der Waals surface area contributed by atoms with E-state index in [-0.39, 0.29) is 11.3 Å². The van der Waals surface area contributed by atoms with Crippen molar-refractivity contribution in [1.29, 1.82) is 0 Å². The molecule has 2 unspecified atom stereocenters. The van der Waals surface area contributed by atoms with Crippen LogP contribution in [0, 0.1) is 5.41 Å². The van der Waals surface area contributed by atoms with Gasteiger partial charge in [-0.05, 0) is 42.5 Å². The van der Waals surface area contributed by atoms with E-state index >= 15 is 0 Å². The fraction of sp³-hybridized carbons (Fsp3) is 0.360. The van der Waals surface area contributed by atoms with Gasteiger partial charge in [0.05, 0.1) is 46.2 Å². The third kappa shape index (κ3) is 2.33. The molecule has 1 N–H and O–H groups in total. The molecule has 0 radical (unpaired) electrons. The Morgan fingerprint density at radius 1 is 0.903 bits per heavy atom. The van der Waals surface area contributed by atoms with Crippen LogP contribution in [0.25, 0.3) is 11.0 Å². The maximum Gasteiger partial charge on any atom is 0.339 e. The molecule has 1 heterocycles. The van der Waals surface area contributed by atoms with Gasteiger partial charge in [-0.1, -0.05) is 45.0 Å². The number of carbonyl (C=O) groups is 2. The van der Waals surface area contributed by atoms with E-state index in [1.165, 1.54) is 7.11 Å². The number of benzene rings is 2. The number of nitrogens with one attached hydrogen (secondary N) is 1. The van der Waals surface area contributed by atoms with Gasteiger partial charge < -0.3 is 10.1 Å². The Morgan fingerprint density at radius 2 is 1.52 bits per heavy atom. The van der Waals surface area contributed by atoms with Crippen LogP contribution in [0.15, 0.2) is 48.5 Å². The van der Waals surface area contributed by atoms with Gasteiger partial charge in [0.15, 0.2) is 0 Å². The molecule has 2 aliphatic carbocycles. The molecule has 6 nitrogen and oxygen atoms in total. The van der Waals surface area contributed by atoms with Crippen LogP contribution in [0.3, 0.4) is 0 Å². The van der Waals surface area contributed by atoms with E-state index in [1.54, 1.807) is 24.3 Å². The van der Waals surface area contributed by atoms with Crippen molar-refractivity contribution in [3.63, 3.8) is 0 Å². The fourth-order valence-electron chi connectivity index (χ4n) is 5.66. The van der Waals surface area contributed by atoms with Gasteiger partial charge in [-0.25, -0.2) is 14.8 Å². The fourth-order valence-corrected chi connectivity index (χ4v) is 5.66. The summed E-state index contributed by atoms with van der Waals surface area (Å²) in [5, 5.41) is 3.04. The Bertz CT molecular complexity index is 1250. The number of methoxy groups -OCH3 is 1. The van der Waals surface area contributed by atoms with E-state index in [0.29, 0.717) is 17.7 Å². The monoisotopic (exact) mass is 415 g/mol. The Labute approximate surface area is 181 Å². The second-order valence-electron chi connectivity index (χ2n) is 9.26. The minimum atomic E-state index is -0.836. The van der Waals surface area contributed by atoms with Crippen LogP contribution in [0.5, 0.6) is 0 Å². The summed E-state index contributed by atoms with van der Waals surface area (Å²) in [6.07, 6.45) is 1.54. The van der Waals surface area contributed by atoms with Crippen LogP contribution in [0.4, 0.5) is 5.69 Å². The third-order valence-corrected chi connectivity index (χ3v) is 7.91. The van der Waals surface area contributed by atoms with E-state index in [2.05, 4.69) is 26.1 Å². The zero-order valence-electron chi connectivity index (χ0n) is 18.2. The van der Waals surface area contributed by atoms with Crippen LogP contribution < -0.4 is 5.32 Å². The standard InChI is InChI=1S/C25H25N3O3/c1-23(2)24(3)13-14-25(23,20-19(24)26-17-11-7-8-12-18(17)27-20)22(30)28-16-10-6-5-9-15(16)21(29)31-4/h5-12H,13-14H2,1-4H3,(H,28,30). The smallest absolute Gasteiger partial charge is 0.339 e. The molecule has 0 aliphatic heterocycles. The van der Waals surface area contributed by atoms with Gasteiger partial charge in [0.1, 0.15) is 0 Å². The van der Waals surface area contributed by atoms with Crippen LogP contribution in [0.2, 0.25) is 0 Å². The summed E-state index contributed by atoms with van der Waals surface area (Å²) in [5.74, 6) is -0.637. The zero-order valence-corrected chi connectivity index (χ0v) is 18.2. The van der Waals surface area contributed by atoms with Crippen LogP contribution in [-0.2, 0) is 20.4 Å². The summed E-state index contributed by atoms with van der Waals surface area (Å²) < 4.78 is 4.89. The number of anilines is 1. The lowest BCUT2D eigenvalue weighted by atomic mass is 9.63. The maximum absolute atomic E-state index is 14.0. The molecule has 1 amide bonds. The summed E-state index contributed by atoms with van der Waals surface area (Å²) in [4.78, 5) is 36.2. The molecule has 3 aromatic rings. The van der Waals surface area contributed by atoms with Gasteiger partial charge in [0, 0.05) is 5.41 Å². The summed E-state index contributed by atoms with van der Waals surface area (Å²) >= 11 is 0. The van der Waals surface area contributed by atoms with Crippen molar-refractivity contribution in [2.45, 2.75) is 44.4 Å². The molecule has 5 rings (SSSR count). The highest BCUT2D eigenvalue weighted by atomic mass is 16.5. The molecule has 0 saturated heterocycles. The Morgan fingerprint density at radius 3 is 2.19 bits per heavy atom. The van der Waals surface area contributed by atoms with Crippen molar-refractivity contribution < 1.29 is 14.3 Å². The molecular formula is C25H25N3O3. The number of para-hydroxylation sites is 3. The average Bonchev–Trinajstić information content (AvgIpc) is 3.07. The molecule has 158 valence electrons. The van der Waals surface area contributed by atoms with E-state index < -0.39 is 16.8 Å². The van der Waals surface area contributed by atoms with E-state index in [4.69, 9.17) is 14.7 Å². The van der Waals surface area contributed by atoms with Gasteiger partial charge in [-0.2, -0.15) is 0 Å². The summed E-state index contributed by atoms with van der Waals surface area (Å²) in [7, 11) is 1.33. The van der Waals surface area contributed by atoms with Gasteiger partial charge in [0.2, 0.25) is 5.91 Å². The molecule has 2 bridgehead atoms. The highest BCUT2D eigenvalue weighted by Crippen LogP contribution is 2.70. The van der Waals surface area contributed by atoms with Gasteiger partial charge in [-0.15, -0.1) is 0 Å². The number of carbonyl (C=O) groups excluding carboxylic acids is 2. The largest absolute Gasteiger partial charge is 0.465 e. The first-order valence-electron chi connectivity index (χ1n) is 10.5. The number of fused-ring (bicyclic) bond motifs is 6. The quantitative estimate of drug-likeness (QED) is 0.642. The summed E-state index contributed by atoms with van der Waals surface area (Å²) in [6, 6.07) is 14.7. The average molecular weight is 415 g/mol. The molecule has 2 aromatic carbocycles. The topological polar surface area (TPSA) is 81.2 Å². The minimum Gasteiger partial charge on any atom is -0.465 e. The molecular weight excluding hydrogens is 390 g/mol. The van der Waals surface area contributed by atoms with Crippen LogP contribution in [-0.4, -0.2) is 29.0 Å². The first-order valence-corrected chi connectivity index (χ1v) is 10.5. The lowest BCUT2D eigenvalue weighted by Gasteiger charge is -2.39. The summed E-state index contributed by atoms with van der Waals surface area (Å²) in [6.45, 7) is 6.47. The van der Waals surface area contributed by atoms with Crippen LogP contribution in [0.1, 0.15) is 55.4 Å². The number of hydrogen-bond donors (Lipinski definition) is 1. The number of rotatable bonds is 3. The SMILES string of the molecule is COC(=O)c1ccccc1NC(=O)C12CCC(C)(c3nc4ccccc4nc31)C2(C)C. The Hall–Kier alpha value is -3.28. The molecule has 2 atom stereocenters. The lowest BCUT2D eigenvalue weighted by Crippen LogP contribution is -2.48. The molecule has 1 fully saturated rings. The van der Waals surface area contributed by atoms with Crippen molar-refractivity contribution in [2.24, 2.45) is 5.41 Å². The maximum atomic E-state index is 14.0. The molecule has 0 spiro atoms. The molecule has 1 saturated carbocycles. The van der Waals surface area contributed by atoms with Gasteiger partial charge >= 0.3 is 5.97 Å². The first kappa shape index (κ1) is 19.7. The predicted octanol–water partition coefficient (Wildman–Crippen LogP) is 4.38.